The van der Waals surface area contributed by atoms with Crippen molar-refractivity contribution in [3.63, 3.8) is 0 Å². The van der Waals surface area contributed by atoms with Gasteiger partial charge in [0.05, 0.1) is 17.4 Å². The number of hydrogen-bond donors (Lipinski definition) is 1. The SMILES string of the molecule is CN1C2CCCC1CC(c1ccc(-n3cc(-c4n[nH]c5cc(F)ccc45)nn3)cc1)C2. The molecule has 2 unspecified atom stereocenters. The van der Waals surface area contributed by atoms with Crippen LogP contribution in [0.15, 0.2) is 48.7 Å². The monoisotopic (exact) mass is 416 g/mol. The molecule has 2 atom stereocenters. The van der Waals surface area contributed by atoms with Crippen LogP contribution in [0, 0.1) is 5.82 Å². The highest BCUT2D eigenvalue weighted by Crippen LogP contribution is 2.40. The standard InChI is InChI=1S/C24H25FN6/c1-30-19-3-2-4-20(30)12-16(11-19)15-5-8-18(9-6-15)31-14-23(27-29-31)24-21-10-7-17(25)13-22(21)26-28-24/h5-10,13-14,16,19-20H,2-4,11-12H2,1H3,(H,26,28). The van der Waals surface area contributed by atoms with Gasteiger partial charge >= 0.3 is 0 Å². The lowest BCUT2D eigenvalue weighted by Gasteiger charge is -2.47. The normalized spacial score (nSPS) is 24.0. The number of H-pyrrole nitrogens is 1. The van der Waals surface area contributed by atoms with Gasteiger partial charge in [0.1, 0.15) is 17.2 Å². The summed E-state index contributed by atoms with van der Waals surface area (Å²) in [5.41, 5.74) is 4.38. The van der Waals surface area contributed by atoms with E-state index in [1.54, 1.807) is 10.7 Å². The van der Waals surface area contributed by atoms with Gasteiger partial charge in [0, 0.05) is 17.5 Å². The first-order valence-electron chi connectivity index (χ1n) is 11.0. The number of piperidine rings is 2. The zero-order valence-corrected chi connectivity index (χ0v) is 17.5. The van der Waals surface area contributed by atoms with Crippen LogP contribution in [-0.2, 0) is 0 Å². The summed E-state index contributed by atoms with van der Waals surface area (Å²) in [5.74, 6) is 0.349. The number of nitrogens with zero attached hydrogens (tertiary/aromatic N) is 5. The van der Waals surface area contributed by atoms with Gasteiger partial charge in [0.25, 0.3) is 0 Å². The molecule has 2 aliphatic heterocycles. The van der Waals surface area contributed by atoms with Gasteiger partial charge < -0.3 is 4.90 Å². The van der Waals surface area contributed by atoms with Crippen molar-refractivity contribution in [2.45, 2.75) is 50.1 Å². The molecular formula is C24H25FN6. The van der Waals surface area contributed by atoms with Crippen LogP contribution < -0.4 is 0 Å². The van der Waals surface area contributed by atoms with Crippen molar-refractivity contribution in [1.29, 1.82) is 0 Å². The molecule has 4 heterocycles. The van der Waals surface area contributed by atoms with Crippen molar-refractivity contribution < 1.29 is 4.39 Å². The lowest BCUT2D eigenvalue weighted by molar-refractivity contribution is 0.0555. The maximum Gasteiger partial charge on any atom is 0.134 e. The summed E-state index contributed by atoms with van der Waals surface area (Å²) in [7, 11) is 2.30. The quantitative estimate of drug-likeness (QED) is 0.527. The minimum Gasteiger partial charge on any atom is -0.300 e. The Morgan fingerprint density at radius 2 is 1.81 bits per heavy atom. The molecule has 0 spiro atoms. The van der Waals surface area contributed by atoms with E-state index in [0.29, 0.717) is 22.8 Å². The third-order valence-electron chi connectivity index (χ3n) is 7.23. The lowest BCUT2D eigenvalue weighted by atomic mass is 9.76. The molecule has 2 aliphatic rings. The Bertz CT molecular complexity index is 1210. The smallest absolute Gasteiger partial charge is 0.134 e. The van der Waals surface area contributed by atoms with Crippen molar-refractivity contribution in [1.82, 2.24) is 30.1 Å². The summed E-state index contributed by atoms with van der Waals surface area (Å²) in [6, 6.07) is 14.8. The first kappa shape index (κ1) is 18.7. The van der Waals surface area contributed by atoms with Crippen LogP contribution in [0.25, 0.3) is 28.0 Å². The summed E-state index contributed by atoms with van der Waals surface area (Å²) in [5, 5.41) is 16.6. The van der Waals surface area contributed by atoms with Gasteiger partial charge in [-0.2, -0.15) is 5.10 Å². The maximum absolute atomic E-state index is 13.4. The predicted molar refractivity (Wildman–Crippen MR) is 118 cm³/mol. The van der Waals surface area contributed by atoms with E-state index in [2.05, 4.69) is 56.7 Å². The molecule has 2 aromatic carbocycles. The summed E-state index contributed by atoms with van der Waals surface area (Å²) < 4.78 is 15.2. The van der Waals surface area contributed by atoms with Crippen molar-refractivity contribution in [2.75, 3.05) is 7.05 Å². The van der Waals surface area contributed by atoms with Gasteiger partial charge in [-0.25, -0.2) is 9.07 Å². The van der Waals surface area contributed by atoms with Crippen LogP contribution in [0.3, 0.4) is 0 Å². The fourth-order valence-corrected chi connectivity index (χ4v) is 5.47. The highest BCUT2D eigenvalue weighted by molar-refractivity contribution is 5.91. The lowest BCUT2D eigenvalue weighted by Crippen LogP contribution is -2.49. The van der Waals surface area contributed by atoms with Crippen molar-refractivity contribution in [3.05, 3.63) is 60.0 Å². The van der Waals surface area contributed by atoms with E-state index < -0.39 is 0 Å². The van der Waals surface area contributed by atoms with Crippen LogP contribution in [0.4, 0.5) is 4.39 Å². The second kappa shape index (κ2) is 7.27. The van der Waals surface area contributed by atoms with Gasteiger partial charge in [-0.05, 0) is 74.5 Å². The van der Waals surface area contributed by atoms with Crippen LogP contribution in [0.5, 0.6) is 0 Å². The van der Waals surface area contributed by atoms with E-state index >= 15 is 0 Å². The highest BCUT2D eigenvalue weighted by Gasteiger charge is 2.36. The first-order valence-corrected chi connectivity index (χ1v) is 11.0. The van der Waals surface area contributed by atoms with Gasteiger partial charge in [-0.3, -0.25) is 5.10 Å². The summed E-state index contributed by atoms with van der Waals surface area (Å²) in [6.45, 7) is 0. The van der Waals surface area contributed by atoms with Gasteiger partial charge in [-0.1, -0.05) is 23.8 Å². The zero-order valence-electron chi connectivity index (χ0n) is 17.5. The van der Waals surface area contributed by atoms with Crippen LogP contribution >= 0.6 is 0 Å². The fraction of sp³-hybridized carbons (Fsp3) is 0.375. The minimum absolute atomic E-state index is 0.292. The molecule has 6 nitrogen and oxygen atoms in total. The average molecular weight is 417 g/mol. The average Bonchev–Trinajstić information content (AvgIpc) is 3.40. The predicted octanol–water partition coefficient (Wildman–Crippen LogP) is 4.68. The van der Waals surface area contributed by atoms with Gasteiger partial charge in [0.15, 0.2) is 0 Å². The molecule has 0 saturated carbocycles. The second-order valence-corrected chi connectivity index (χ2v) is 8.97. The van der Waals surface area contributed by atoms with E-state index in [4.69, 9.17) is 0 Å². The van der Waals surface area contributed by atoms with Crippen molar-refractivity contribution in [2.24, 2.45) is 0 Å². The summed E-state index contributed by atoms with van der Waals surface area (Å²) >= 11 is 0. The largest absolute Gasteiger partial charge is 0.300 e. The molecular weight excluding hydrogens is 391 g/mol. The number of benzene rings is 2. The molecule has 2 fully saturated rings. The summed E-state index contributed by atoms with van der Waals surface area (Å²) in [4.78, 5) is 2.61. The van der Waals surface area contributed by atoms with Crippen LogP contribution in [0.1, 0.15) is 43.6 Å². The topological polar surface area (TPSA) is 62.6 Å². The molecule has 2 saturated heterocycles. The molecule has 2 aromatic heterocycles. The Morgan fingerprint density at radius 1 is 1.03 bits per heavy atom. The fourth-order valence-electron chi connectivity index (χ4n) is 5.47. The van der Waals surface area contributed by atoms with E-state index in [0.717, 1.165) is 23.2 Å². The number of rotatable bonds is 3. The summed E-state index contributed by atoms with van der Waals surface area (Å²) in [6.07, 6.45) is 8.42. The molecule has 1 N–H and O–H groups in total. The molecule has 6 rings (SSSR count). The first-order chi connectivity index (χ1) is 15.2. The number of hydrogen-bond acceptors (Lipinski definition) is 4. The number of nitrogens with one attached hydrogen (secondary N) is 1. The van der Waals surface area contributed by atoms with Crippen molar-refractivity contribution in [3.8, 4) is 17.1 Å². The third-order valence-corrected chi connectivity index (χ3v) is 7.23. The van der Waals surface area contributed by atoms with Crippen LogP contribution in [0.2, 0.25) is 0 Å². The Hall–Kier alpha value is -3.06. The molecule has 7 heteroatoms. The number of halogens is 1. The molecule has 31 heavy (non-hydrogen) atoms. The second-order valence-electron chi connectivity index (χ2n) is 8.97. The van der Waals surface area contributed by atoms with Crippen LogP contribution in [-0.4, -0.2) is 49.2 Å². The minimum atomic E-state index is -0.292. The number of aromatic amines is 1. The molecule has 158 valence electrons. The Balaban J connectivity index is 1.24. The molecule has 0 radical (unpaired) electrons. The van der Waals surface area contributed by atoms with E-state index in [1.807, 2.05) is 6.20 Å². The molecule has 0 amide bonds. The Morgan fingerprint density at radius 3 is 2.58 bits per heavy atom. The maximum atomic E-state index is 13.4. The van der Waals surface area contributed by atoms with Crippen molar-refractivity contribution >= 4 is 10.9 Å². The molecule has 4 aromatic rings. The van der Waals surface area contributed by atoms with E-state index in [1.165, 1.54) is 49.8 Å². The third kappa shape index (κ3) is 3.24. The molecule has 0 aliphatic carbocycles. The number of aromatic nitrogens is 5. The van der Waals surface area contributed by atoms with Gasteiger partial charge in [0.2, 0.25) is 0 Å². The Kier molecular flexibility index (Phi) is 4.38. The highest BCUT2D eigenvalue weighted by atomic mass is 19.1. The van der Waals surface area contributed by atoms with Gasteiger partial charge in [-0.15, -0.1) is 5.10 Å². The van der Waals surface area contributed by atoms with E-state index in [9.17, 15) is 4.39 Å². The Labute approximate surface area is 180 Å². The zero-order chi connectivity index (χ0) is 20.9. The molecule has 2 bridgehead atoms. The van der Waals surface area contributed by atoms with E-state index in [-0.39, 0.29) is 5.82 Å². The number of fused-ring (bicyclic) bond motifs is 3.